The Morgan fingerprint density at radius 3 is 2.57 bits per heavy atom. The lowest BCUT2D eigenvalue weighted by atomic mass is 9.84. The molecular formula is C29H32N6O2. The number of hydrogen-bond acceptors (Lipinski definition) is 5. The molecule has 3 heterocycles. The summed E-state index contributed by atoms with van der Waals surface area (Å²) in [6.07, 6.45) is 8.43. The average molecular weight is 497 g/mol. The van der Waals surface area contributed by atoms with Crippen LogP contribution < -0.4 is 11.1 Å². The van der Waals surface area contributed by atoms with Gasteiger partial charge < -0.3 is 20.5 Å². The third-order valence-electron chi connectivity index (χ3n) is 8.19. The van der Waals surface area contributed by atoms with Crippen molar-refractivity contribution < 1.29 is 9.59 Å². The zero-order valence-corrected chi connectivity index (χ0v) is 21.3. The molecule has 1 aromatic carbocycles. The fourth-order valence-electron chi connectivity index (χ4n) is 6.06. The Labute approximate surface area is 216 Å². The quantitative estimate of drug-likeness (QED) is 0.505. The van der Waals surface area contributed by atoms with Gasteiger partial charge in [0, 0.05) is 42.4 Å². The number of anilines is 2. The first kappa shape index (κ1) is 23.5. The van der Waals surface area contributed by atoms with Gasteiger partial charge in [-0.25, -0.2) is 9.97 Å². The van der Waals surface area contributed by atoms with E-state index < -0.39 is 0 Å². The lowest BCUT2D eigenvalue weighted by Crippen LogP contribution is -2.36. The van der Waals surface area contributed by atoms with E-state index in [0.29, 0.717) is 29.0 Å². The van der Waals surface area contributed by atoms with Crippen LogP contribution in [0.1, 0.15) is 44.6 Å². The van der Waals surface area contributed by atoms with Crippen molar-refractivity contribution in [3.05, 3.63) is 54.4 Å². The van der Waals surface area contributed by atoms with Gasteiger partial charge in [0.25, 0.3) is 5.91 Å². The number of nitrogens with one attached hydrogen (secondary N) is 1. The van der Waals surface area contributed by atoms with Gasteiger partial charge in [-0.05, 0) is 68.2 Å². The molecule has 3 N–H and O–H groups in total. The summed E-state index contributed by atoms with van der Waals surface area (Å²) < 4.78 is 2.06. The van der Waals surface area contributed by atoms with Crippen LogP contribution in [0.15, 0.2) is 48.8 Å². The molecule has 0 unspecified atom stereocenters. The molecule has 2 fully saturated rings. The Bertz CT molecular complexity index is 1470. The molecule has 8 nitrogen and oxygen atoms in total. The molecule has 0 spiro atoms. The molecule has 0 radical (unpaired) electrons. The molecular weight excluding hydrogens is 464 g/mol. The number of amides is 2. The molecule has 3 atom stereocenters. The predicted octanol–water partition coefficient (Wildman–Crippen LogP) is 4.54. The second-order valence-electron chi connectivity index (χ2n) is 10.6. The third-order valence-corrected chi connectivity index (χ3v) is 8.19. The Balaban J connectivity index is 1.35. The molecule has 37 heavy (non-hydrogen) atoms. The van der Waals surface area contributed by atoms with Crippen molar-refractivity contribution in [2.75, 3.05) is 17.6 Å². The van der Waals surface area contributed by atoms with Crippen molar-refractivity contribution in [3.8, 4) is 11.3 Å². The predicted molar refractivity (Wildman–Crippen MR) is 145 cm³/mol. The lowest BCUT2D eigenvalue weighted by Gasteiger charge is -2.27. The fraction of sp³-hybridized carbons (Fsp3) is 0.379. The molecule has 190 valence electrons. The maximum atomic E-state index is 13.2. The maximum absolute atomic E-state index is 13.2. The summed E-state index contributed by atoms with van der Waals surface area (Å²) in [6.45, 7) is 6.30. The number of carbonyl (C=O) groups is 2. The highest BCUT2D eigenvalue weighted by molar-refractivity contribution is 6.05. The molecule has 2 aromatic heterocycles. The molecule has 3 aromatic rings. The number of fused-ring (bicyclic) bond motifs is 2. The van der Waals surface area contributed by atoms with Crippen LogP contribution >= 0.6 is 0 Å². The van der Waals surface area contributed by atoms with Gasteiger partial charge in [0.2, 0.25) is 5.91 Å². The molecule has 1 saturated carbocycles. The molecule has 2 amide bonds. The van der Waals surface area contributed by atoms with Crippen LogP contribution in [0.25, 0.3) is 27.9 Å². The smallest absolute Gasteiger partial charge is 0.250 e. The first-order chi connectivity index (χ1) is 17.8. The summed E-state index contributed by atoms with van der Waals surface area (Å²) in [7, 11) is 1.99. The highest BCUT2D eigenvalue weighted by atomic mass is 16.2. The number of aryl methyl sites for hydroxylation is 1. The molecule has 0 bridgehead atoms. The van der Waals surface area contributed by atoms with E-state index in [1.807, 2.05) is 31.3 Å². The van der Waals surface area contributed by atoms with Gasteiger partial charge in [0.05, 0.1) is 11.1 Å². The van der Waals surface area contributed by atoms with Gasteiger partial charge >= 0.3 is 0 Å². The van der Waals surface area contributed by atoms with Gasteiger partial charge in [0.1, 0.15) is 17.8 Å². The van der Waals surface area contributed by atoms with E-state index in [4.69, 9.17) is 5.73 Å². The molecule has 8 heteroatoms. The van der Waals surface area contributed by atoms with Crippen molar-refractivity contribution in [1.29, 1.82) is 0 Å². The van der Waals surface area contributed by atoms with E-state index in [1.165, 1.54) is 24.7 Å². The average Bonchev–Trinajstić information content (AvgIpc) is 3.45. The number of nitrogens with zero attached hydrogens (tertiary/aromatic N) is 4. The van der Waals surface area contributed by atoms with Crippen molar-refractivity contribution in [1.82, 2.24) is 19.4 Å². The minimum atomic E-state index is -0.205. The normalized spacial score (nSPS) is 22.5. The fourth-order valence-corrected chi connectivity index (χ4v) is 6.06. The molecule has 1 saturated heterocycles. The highest BCUT2D eigenvalue weighted by Crippen LogP contribution is 2.47. The van der Waals surface area contributed by atoms with Crippen molar-refractivity contribution >= 4 is 39.9 Å². The first-order valence-corrected chi connectivity index (χ1v) is 13.0. The van der Waals surface area contributed by atoms with E-state index in [0.717, 1.165) is 59.6 Å². The summed E-state index contributed by atoms with van der Waals surface area (Å²) in [4.78, 5) is 36.2. The Kier molecular flexibility index (Phi) is 5.62. The van der Waals surface area contributed by atoms with Crippen LogP contribution in [-0.4, -0.2) is 43.8 Å². The minimum absolute atomic E-state index is 0.0475. The number of rotatable bonds is 5. The second-order valence-corrected chi connectivity index (χ2v) is 10.6. The Hall–Kier alpha value is -3.94. The van der Waals surface area contributed by atoms with Gasteiger partial charge in [-0.2, -0.15) is 0 Å². The van der Waals surface area contributed by atoms with Gasteiger partial charge in [-0.1, -0.05) is 24.8 Å². The molecule has 6 rings (SSSR count). The number of aromatic nitrogens is 3. The third kappa shape index (κ3) is 4.00. The second kappa shape index (κ2) is 8.87. The van der Waals surface area contributed by atoms with Gasteiger partial charge in [0.15, 0.2) is 0 Å². The number of carbonyl (C=O) groups excluding carboxylic acids is 2. The summed E-state index contributed by atoms with van der Waals surface area (Å²) in [5.41, 5.74) is 12.5. The van der Waals surface area contributed by atoms with Crippen LogP contribution in [0.5, 0.6) is 0 Å². The molecule has 3 aliphatic rings. The Morgan fingerprint density at radius 1 is 1.16 bits per heavy atom. The number of likely N-dealkylation sites (tertiary alicyclic amines) is 1. The van der Waals surface area contributed by atoms with Crippen LogP contribution in [-0.2, 0) is 16.6 Å². The monoisotopic (exact) mass is 496 g/mol. The van der Waals surface area contributed by atoms with E-state index in [9.17, 15) is 9.59 Å². The number of allylic oxidation sites excluding steroid dienone is 2. The zero-order valence-electron chi connectivity index (χ0n) is 21.3. The number of piperidine rings is 1. The Morgan fingerprint density at radius 2 is 1.95 bits per heavy atom. The first-order valence-electron chi connectivity index (χ1n) is 13.0. The van der Waals surface area contributed by atoms with E-state index >= 15 is 0 Å². The van der Waals surface area contributed by atoms with Crippen molar-refractivity contribution in [3.63, 3.8) is 0 Å². The molecule has 1 aliphatic heterocycles. The van der Waals surface area contributed by atoms with E-state index in [2.05, 4.69) is 37.4 Å². The van der Waals surface area contributed by atoms with E-state index in [1.54, 1.807) is 6.92 Å². The lowest BCUT2D eigenvalue weighted by molar-refractivity contribution is -0.135. The number of nitrogen functional groups attached to an aromatic ring is 1. The zero-order chi connectivity index (χ0) is 25.8. The number of nitrogens with two attached hydrogens (primary N) is 1. The SMILES string of the molecule is C=C(C)C(=O)Nc1ccc(-c2c(C3=CC[C@@H](C(=O)N4CC[C@H]5C[C@H]54)CC3)c3c(N)ncnc3n2C)cc1. The summed E-state index contributed by atoms with van der Waals surface area (Å²) in [6, 6.07) is 8.26. The van der Waals surface area contributed by atoms with Crippen molar-refractivity contribution in [2.45, 2.75) is 45.1 Å². The topological polar surface area (TPSA) is 106 Å². The van der Waals surface area contributed by atoms with Crippen LogP contribution in [0.2, 0.25) is 0 Å². The summed E-state index contributed by atoms with van der Waals surface area (Å²) in [5.74, 6) is 1.37. The van der Waals surface area contributed by atoms with Gasteiger partial charge in [-0.3, -0.25) is 9.59 Å². The van der Waals surface area contributed by atoms with Gasteiger partial charge in [-0.15, -0.1) is 0 Å². The van der Waals surface area contributed by atoms with Crippen LogP contribution in [0.3, 0.4) is 0 Å². The van der Waals surface area contributed by atoms with Crippen molar-refractivity contribution in [2.24, 2.45) is 18.9 Å². The number of hydrogen-bond donors (Lipinski definition) is 2. The van der Waals surface area contributed by atoms with E-state index in [-0.39, 0.29) is 11.8 Å². The minimum Gasteiger partial charge on any atom is -0.383 e. The maximum Gasteiger partial charge on any atom is 0.250 e. The molecule has 2 aliphatic carbocycles. The highest BCUT2D eigenvalue weighted by Gasteiger charge is 2.49. The van der Waals surface area contributed by atoms with Crippen LogP contribution in [0, 0.1) is 11.8 Å². The summed E-state index contributed by atoms with van der Waals surface area (Å²) in [5, 5.41) is 3.70. The number of benzene rings is 1. The largest absolute Gasteiger partial charge is 0.383 e. The van der Waals surface area contributed by atoms with Crippen LogP contribution in [0.4, 0.5) is 11.5 Å². The summed E-state index contributed by atoms with van der Waals surface area (Å²) >= 11 is 0. The standard InChI is InChI=1S/C29H32N6O2/c1-16(2)28(36)33-21-10-8-18(9-11-21)25-23(24-26(30)31-15-32-27(24)34(25)3)17-4-6-19(7-5-17)29(37)35-13-12-20-14-22(20)35/h4,8-11,15,19-20,22H,1,5-7,12-14H2,2-3H3,(H,33,36)(H2,30,31,32)/t19-,20+,22-/m1/s1.